The summed E-state index contributed by atoms with van der Waals surface area (Å²) in [6.07, 6.45) is 1.08. The van der Waals surface area contributed by atoms with E-state index in [2.05, 4.69) is 12.2 Å². The van der Waals surface area contributed by atoms with Crippen molar-refractivity contribution in [3.63, 3.8) is 0 Å². The zero-order valence-corrected chi connectivity index (χ0v) is 7.98. The van der Waals surface area contributed by atoms with Gasteiger partial charge >= 0.3 is 0 Å². The SMILES string of the molecule is CNCCC(C)C(C)C(C)=O. The number of ketones is 1. The van der Waals surface area contributed by atoms with E-state index in [1.54, 1.807) is 6.92 Å². The molecule has 1 N–H and O–H groups in total. The summed E-state index contributed by atoms with van der Waals surface area (Å²) in [5.74, 6) is 1.01. The van der Waals surface area contributed by atoms with Crippen LogP contribution in [0.15, 0.2) is 0 Å². The first-order valence-electron chi connectivity index (χ1n) is 4.24. The van der Waals surface area contributed by atoms with E-state index in [1.165, 1.54) is 0 Å². The van der Waals surface area contributed by atoms with Crippen LogP contribution in [0.25, 0.3) is 0 Å². The van der Waals surface area contributed by atoms with Crippen LogP contribution < -0.4 is 5.32 Å². The molecule has 0 aliphatic rings. The first-order valence-corrected chi connectivity index (χ1v) is 4.24. The smallest absolute Gasteiger partial charge is 0.132 e. The van der Waals surface area contributed by atoms with Crippen LogP contribution in [0.3, 0.4) is 0 Å². The third kappa shape index (κ3) is 4.14. The van der Waals surface area contributed by atoms with Crippen LogP contribution in [-0.2, 0) is 4.79 Å². The Bertz CT molecular complexity index is 123. The molecule has 0 aliphatic heterocycles. The zero-order chi connectivity index (χ0) is 8.85. The van der Waals surface area contributed by atoms with Crippen LogP contribution in [-0.4, -0.2) is 19.4 Å². The summed E-state index contributed by atoms with van der Waals surface area (Å²) in [6.45, 7) is 6.80. The van der Waals surface area contributed by atoms with Crippen LogP contribution in [0.4, 0.5) is 0 Å². The highest BCUT2D eigenvalue weighted by molar-refractivity contribution is 5.78. The monoisotopic (exact) mass is 157 g/mol. The number of hydrogen-bond donors (Lipinski definition) is 1. The van der Waals surface area contributed by atoms with Gasteiger partial charge in [0.2, 0.25) is 0 Å². The summed E-state index contributed by atoms with van der Waals surface area (Å²) in [4.78, 5) is 10.9. The van der Waals surface area contributed by atoms with Gasteiger partial charge < -0.3 is 5.32 Å². The molecule has 2 nitrogen and oxygen atoms in total. The lowest BCUT2D eigenvalue weighted by molar-refractivity contribution is -0.121. The molecule has 0 aromatic carbocycles. The number of carbonyl (C=O) groups excluding carboxylic acids is 1. The molecule has 0 aliphatic carbocycles. The van der Waals surface area contributed by atoms with Crippen molar-refractivity contribution in [1.29, 1.82) is 0 Å². The Morgan fingerprint density at radius 3 is 2.36 bits per heavy atom. The van der Waals surface area contributed by atoms with E-state index in [9.17, 15) is 4.79 Å². The second-order valence-corrected chi connectivity index (χ2v) is 3.27. The van der Waals surface area contributed by atoms with Crippen LogP contribution in [0, 0.1) is 11.8 Å². The molecule has 0 fully saturated rings. The molecule has 2 heteroatoms. The number of hydrogen-bond acceptors (Lipinski definition) is 2. The minimum absolute atomic E-state index is 0.211. The molecule has 66 valence electrons. The quantitative estimate of drug-likeness (QED) is 0.654. The maximum absolute atomic E-state index is 10.9. The second-order valence-electron chi connectivity index (χ2n) is 3.27. The highest BCUT2D eigenvalue weighted by Gasteiger charge is 2.15. The van der Waals surface area contributed by atoms with Gasteiger partial charge in [0.05, 0.1) is 0 Å². The second kappa shape index (κ2) is 5.30. The van der Waals surface area contributed by atoms with Crippen LogP contribution in [0.2, 0.25) is 0 Å². The average Bonchev–Trinajstić information content (AvgIpc) is 1.98. The molecule has 0 aromatic rings. The van der Waals surface area contributed by atoms with Gasteiger partial charge in [-0.25, -0.2) is 0 Å². The number of carbonyl (C=O) groups is 1. The van der Waals surface area contributed by atoms with Gasteiger partial charge in [-0.2, -0.15) is 0 Å². The standard InChI is InChI=1S/C9H19NO/c1-7(5-6-10-4)8(2)9(3)11/h7-8,10H,5-6H2,1-4H3. The van der Waals surface area contributed by atoms with Gasteiger partial charge in [0, 0.05) is 5.92 Å². The van der Waals surface area contributed by atoms with Gasteiger partial charge in [0.25, 0.3) is 0 Å². The van der Waals surface area contributed by atoms with Crippen molar-refractivity contribution in [2.45, 2.75) is 27.2 Å². The molecule has 0 bridgehead atoms. The van der Waals surface area contributed by atoms with E-state index in [1.807, 2.05) is 14.0 Å². The molecule has 11 heavy (non-hydrogen) atoms. The molecule has 2 unspecified atom stereocenters. The number of nitrogens with one attached hydrogen (secondary N) is 1. The Labute approximate surface area is 69.4 Å². The number of rotatable bonds is 5. The molecule has 0 amide bonds. The van der Waals surface area contributed by atoms with Crippen molar-refractivity contribution in [3.05, 3.63) is 0 Å². The van der Waals surface area contributed by atoms with E-state index in [-0.39, 0.29) is 5.92 Å². The molecule has 0 saturated heterocycles. The third-order valence-corrected chi connectivity index (χ3v) is 2.34. The highest BCUT2D eigenvalue weighted by Crippen LogP contribution is 2.14. The summed E-state index contributed by atoms with van der Waals surface area (Å²) in [5.41, 5.74) is 0. The van der Waals surface area contributed by atoms with Crippen molar-refractivity contribution in [3.8, 4) is 0 Å². The van der Waals surface area contributed by atoms with E-state index in [0.717, 1.165) is 13.0 Å². The lowest BCUT2D eigenvalue weighted by Gasteiger charge is -2.16. The molecule has 0 heterocycles. The van der Waals surface area contributed by atoms with Crippen molar-refractivity contribution >= 4 is 5.78 Å². The Morgan fingerprint density at radius 1 is 1.45 bits per heavy atom. The minimum atomic E-state index is 0.211. The normalized spacial score (nSPS) is 16.0. The van der Waals surface area contributed by atoms with Gasteiger partial charge in [-0.05, 0) is 32.9 Å². The average molecular weight is 157 g/mol. The maximum atomic E-state index is 10.9. The Morgan fingerprint density at radius 2 is 2.00 bits per heavy atom. The van der Waals surface area contributed by atoms with Gasteiger partial charge in [0.15, 0.2) is 0 Å². The molecule has 2 atom stereocenters. The van der Waals surface area contributed by atoms with Crippen molar-refractivity contribution < 1.29 is 4.79 Å². The van der Waals surface area contributed by atoms with Crippen LogP contribution >= 0.6 is 0 Å². The summed E-state index contributed by atoms with van der Waals surface area (Å²) >= 11 is 0. The van der Waals surface area contributed by atoms with E-state index < -0.39 is 0 Å². The fourth-order valence-corrected chi connectivity index (χ4v) is 1.02. The predicted molar refractivity (Wildman–Crippen MR) is 47.6 cm³/mol. The van der Waals surface area contributed by atoms with E-state index in [0.29, 0.717) is 11.7 Å². The first-order chi connectivity index (χ1) is 5.09. The van der Waals surface area contributed by atoms with Crippen molar-refractivity contribution in [1.82, 2.24) is 5.32 Å². The molecular formula is C9H19NO. The van der Waals surface area contributed by atoms with Crippen LogP contribution in [0.1, 0.15) is 27.2 Å². The molecule has 0 aromatic heterocycles. The summed E-state index contributed by atoms with van der Waals surface area (Å²) in [5, 5.41) is 3.08. The lowest BCUT2D eigenvalue weighted by atomic mass is 9.90. The molecule has 0 rings (SSSR count). The van der Waals surface area contributed by atoms with Gasteiger partial charge in [-0.1, -0.05) is 13.8 Å². The predicted octanol–water partition coefficient (Wildman–Crippen LogP) is 1.46. The van der Waals surface area contributed by atoms with E-state index in [4.69, 9.17) is 0 Å². The van der Waals surface area contributed by atoms with Gasteiger partial charge in [-0.3, -0.25) is 4.79 Å². The van der Waals surface area contributed by atoms with Crippen molar-refractivity contribution in [2.75, 3.05) is 13.6 Å². The Kier molecular flexibility index (Phi) is 5.12. The van der Waals surface area contributed by atoms with Gasteiger partial charge in [-0.15, -0.1) is 0 Å². The lowest BCUT2D eigenvalue weighted by Crippen LogP contribution is -2.20. The fraction of sp³-hybridized carbons (Fsp3) is 0.889. The minimum Gasteiger partial charge on any atom is -0.320 e. The topological polar surface area (TPSA) is 29.1 Å². The Balaban J connectivity index is 3.63. The van der Waals surface area contributed by atoms with Gasteiger partial charge in [0.1, 0.15) is 5.78 Å². The van der Waals surface area contributed by atoms with E-state index >= 15 is 0 Å². The molecular weight excluding hydrogens is 138 g/mol. The third-order valence-electron chi connectivity index (χ3n) is 2.34. The zero-order valence-electron chi connectivity index (χ0n) is 7.98. The molecule has 0 spiro atoms. The van der Waals surface area contributed by atoms with Crippen LogP contribution in [0.5, 0.6) is 0 Å². The maximum Gasteiger partial charge on any atom is 0.132 e. The highest BCUT2D eigenvalue weighted by atomic mass is 16.1. The first kappa shape index (κ1) is 10.6. The molecule has 0 saturated carbocycles. The van der Waals surface area contributed by atoms with Crippen molar-refractivity contribution in [2.24, 2.45) is 11.8 Å². The summed E-state index contributed by atoms with van der Waals surface area (Å²) in [7, 11) is 1.94. The number of Topliss-reactive ketones (excluding diaryl/α,β-unsaturated/α-hetero) is 1. The summed E-state index contributed by atoms with van der Waals surface area (Å²) < 4.78 is 0. The summed E-state index contributed by atoms with van der Waals surface area (Å²) in [6, 6.07) is 0. The largest absolute Gasteiger partial charge is 0.320 e. The molecule has 0 radical (unpaired) electrons. The Hall–Kier alpha value is -0.370. The fourth-order valence-electron chi connectivity index (χ4n) is 1.02.